The molecule has 0 bridgehead atoms. The first kappa shape index (κ1) is 31.0. The monoisotopic (exact) mass is 603 g/mol. The van der Waals surface area contributed by atoms with Crippen molar-refractivity contribution in [1.29, 1.82) is 0 Å². The molecule has 44 heavy (non-hydrogen) atoms. The van der Waals surface area contributed by atoms with Gasteiger partial charge in [0.2, 0.25) is 0 Å². The SMILES string of the molecule is COc1cc2c(Oc3ccc(CC(=O)CC(=O)Cc4ccc(F)cc4)cc3F)ccnc2cc1OCCN1CCN(C)CC1. The van der Waals surface area contributed by atoms with E-state index in [0.717, 1.165) is 32.7 Å². The summed E-state index contributed by atoms with van der Waals surface area (Å²) in [6.07, 6.45) is 1.22. The molecule has 0 amide bonds. The number of ketones is 2. The van der Waals surface area contributed by atoms with Crippen LogP contribution in [-0.4, -0.2) is 79.8 Å². The van der Waals surface area contributed by atoms with E-state index in [4.69, 9.17) is 14.2 Å². The Kier molecular flexibility index (Phi) is 10.1. The minimum absolute atomic E-state index is 0.0208. The van der Waals surface area contributed by atoms with Crippen LogP contribution >= 0.6 is 0 Å². The van der Waals surface area contributed by atoms with Crippen molar-refractivity contribution in [3.05, 3.63) is 89.6 Å². The van der Waals surface area contributed by atoms with E-state index in [2.05, 4.69) is 21.8 Å². The van der Waals surface area contributed by atoms with Crippen molar-refractivity contribution >= 4 is 22.5 Å². The predicted molar refractivity (Wildman–Crippen MR) is 163 cm³/mol. The number of likely N-dealkylation sites (N-methyl/N-ethyl adjacent to an activating group) is 1. The van der Waals surface area contributed by atoms with Crippen LogP contribution in [0.25, 0.3) is 10.9 Å². The summed E-state index contributed by atoms with van der Waals surface area (Å²) in [5, 5.41) is 0.620. The summed E-state index contributed by atoms with van der Waals surface area (Å²) >= 11 is 0. The predicted octanol–water partition coefficient (Wildman–Crippen LogP) is 5.25. The molecule has 4 aromatic rings. The maximum Gasteiger partial charge on any atom is 0.166 e. The molecule has 1 fully saturated rings. The van der Waals surface area contributed by atoms with Gasteiger partial charge in [0.1, 0.15) is 29.7 Å². The van der Waals surface area contributed by atoms with Crippen molar-refractivity contribution in [3.8, 4) is 23.0 Å². The lowest BCUT2D eigenvalue weighted by Gasteiger charge is -2.32. The van der Waals surface area contributed by atoms with Gasteiger partial charge in [-0.1, -0.05) is 18.2 Å². The van der Waals surface area contributed by atoms with E-state index in [1.165, 1.54) is 36.4 Å². The molecule has 1 aliphatic heterocycles. The molecular formula is C34H35F2N3O5. The number of pyridine rings is 1. The molecule has 230 valence electrons. The average Bonchev–Trinajstić information content (AvgIpc) is 3.00. The number of rotatable bonds is 13. The van der Waals surface area contributed by atoms with Gasteiger partial charge in [-0.3, -0.25) is 19.5 Å². The number of aromatic nitrogens is 1. The molecule has 2 heterocycles. The quantitative estimate of drug-likeness (QED) is 0.192. The molecule has 10 heteroatoms. The Morgan fingerprint density at radius 2 is 1.52 bits per heavy atom. The molecular weight excluding hydrogens is 568 g/mol. The van der Waals surface area contributed by atoms with Crippen LogP contribution in [0.3, 0.4) is 0 Å². The number of hydrogen-bond donors (Lipinski definition) is 0. The first-order valence-corrected chi connectivity index (χ1v) is 14.5. The van der Waals surface area contributed by atoms with Crippen molar-refractivity contribution in [2.24, 2.45) is 0 Å². The van der Waals surface area contributed by atoms with Gasteiger partial charge in [-0.15, -0.1) is 0 Å². The minimum atomic E-state index is -0.645. The van der Waals surface area contributed by atoms with Crippen LogP contribution in [0.1, 0.15) is 17.5 Å². The lowest BCUT2D eigenvalue weighted by atomic mass is 10.0. The summed E-state index contributed by atoms with van der Waals surface area (Å²) in [6, 6.07) is 15.0. The topological polar surface area (TPSA) is 81.2 Å². The van der Waals surface area contributed by atoms with Crippen LogP contribution < -0.4 is 14.2 Å². The van der Waals surface area contributed by atoms with Gasteiger partial charge in [0.15, 0.2) is 23.1 Å². The van der Waals surface area contributed by atoms with E-state index in [0.29, 0.717) is 45.9 Å². The second kappa shape index (κ2) is 14.4. The van der Waals surface area contributed by atoms with Crippen molar-refractivity contribution in [1.82, 2.24) is 14.8 Å². The number of halogens is 2. The van der Waals surface area contributed by atoms with Gasteiger partial charge >= 0.3 is 0 Å². The van der Waals surface area contributed by atoms with Crippen molar-refractivity contribution < 1.29 is 32.6 Å². The fraction of sp³-hybridized carbons (Fsp3) is 0.324. The molecule has 1 aliphatic rings. The number of nitrogens with zero attached hydrogens (tertiary/aromatic N) is 3. The third-order valence-electron chi connectivity index (χ3n) is 7.57. The van der Waals surface area contributed by atoms with Gasteiger partial charge in [0, 0.05) is 63.2 Å². The zero-order valence-corrected chi connectivity index (χ0v) is 24.9. The van der Waals surface area contributed by atoms with Gasteiger partial charge in [0.05, 0.1) is 19.0 Å². The minimum Gasteiger partial charge on any atom is -0.493 e. The first-order valence-electron chi connectivity index (χ1n) is 14.5. The highest BCUT2D eigenvalue weighted by Gasteiger charge is 2.17. The van der Waals surface area contributed by atoms with Gasteiger partial charge in [-0.05, 0) is 54.6 Å². The van der Waals surface area contributed by atoms with Crippen LogP contribution in [0, 0.1) is 11.6 Å². The van der Waals surface area contributed by atoms with Gasteiger partial charge in [-0.25, -0.2) is 8.78 Å². The van der Waals surface area contributed by atoms with Gasteiger partial charge in [0.25, 0.3) is 0 Å². The normalized spacial score (nSPS) is 14.0. The Morgan fingerprint density at radius 3 is 2.23 bits per heavy atom. The zero-order chi connectivity index (χ0) is 31.1. The number of benzene rings is 3. The molecule has 0 atom stereocenters. The van der Waals surface area contributed by atoms with Crippen molar-refractivity contribution in [2.45, 2.75) is 19.3 Å². The van der Waals surface area contributed by atoms with Gasteiger partial charge in [-0.2, -0.15) is 0 Å². The number of Topliss-reactive ketones (excluding diaryl/α,β-unsaturated/α-hetero) is 2. The fourth-order valence-electron chi connectivity index (χ4n) is 5.10. The van der Waals surface area contributed by atoms with Crippen LogP contribution in [-0.2, 0) is 22.4 Å². The highest BCUT2D eigenvalue weighted by atomic mass is 19.1. The van der Waals surface area contributed by atoms with Crippen LogP contribution in [0.5, 0.6) is 23.0 Å². The summed E-state index contributed by atoms with van der Waals surface area (Å²) < 4.78 is 45.8. The Labute approximate surface area is 255 Å². The Bertz CT molecular complexity index is 1620. The second-order valence-electron chi connectivity index (χ2n) is 10.9. The molecule has 0 N–H and O–H groups in total. The average molecular weight is 604 g/mol. The molecule has 5 rings (SSSR count). The molecule has 1 saturated heterocycles. The maximum atomic E-state index is 15.1. The van der Waals surface area contributed by atoms with Crippen LogP contribution in [0.15, 0.2) is 66.9 Å². The lowest BCUT2D eigenvalue weighted by Crippen LogP contribution is -2.45. The molecule has 0 spiro atoms. The Morgan fingerprint density at radius 1 is 0.818 bits per heavy atom. The molecule has 0 unspecified atom stereocenters. The summed E-state index contributed by atoms with van der Waals surface area (Å²) in [5.41, 5.74) is 1.66. The molecule has 0 aliphatic carbocycles. The standard InChI is InChI=1S/C34H35F2N3O5/c1-38-11-13-39(14-12-38)15-16-43-34-22-30-28(21-33(34)42-2)31(9-10-37-30)44-32-8-5-24(19-29(32)36)18-27(41)20-26(40)17-23-3-6-25(35)7-4-23/h3-10,19,21-22H,11-18,20H2,1-2H3. The largest absolute Gasteiger partial charge is 0.493 e. The number of carbonyl (C=O) groups is 2. The van der Waals surface area contributed by atoms with E-state index in [1.807, 2.05) is 0 Å². The summed E-state index contributed by atoms with van der Waals surface area (Å²) in [6.45, 7) is 5.39. The van der Waals surface area contributed by atoms with E-state index in [9.17, 15) is 14.0 Å². The van der Waals surface area contributed by atoms with E-state index in [1.54, 1.807) is 37.6 Å². The first-order chi connectivity index (χ1) is 21.3. The third-order valence-corrected chi connectivity index (χ3v) is 7.57. The van der Waals surface area contributed by atoms with E-state index >= 15 is 4.39 Å². The van der Waals surface area contributed by atoms with Crippen LogP contribution in [0.4, 0.5) is 8.78 Å². The molecule has 3 aromatic carbocycles. The maximum absolute atomic E-state index is 15.1. The van der Waals surface area contributed by atoms with Crippen LogP contribution in [0.2, 0.25) is 0 Å². The number of methoxy groups -OCH3 is 1. The van der Waals surface area contributed by atoms with E-state index < -0.39 is 11.6 Å². The number of fused-ring (bicyclic) bond motifs is 1. The third kappa shape index (κ3) is 8.15. The molecule has 8 nitrogen and oxygen atoms in total. The lowest BCUT2D eigenvalue weighted by molar-refractivity contribution is -0.126. The number of carbonyl (C=O) groups excluding carboxylic acids is 2. The molecule has 0 saturated carbocycles. The number of hydrogen-bond acceptors (Lipinski definition) is 8. The Balaban J connectivity index is 1.21. The smallest absolute Gasteiger partial charge is 0.166 e. The second-order valence-corrected chi connectivity index (χ2v) is 10.9. The molecule has 1 aromatic heterocycles. The summed E-state index contributed by atoms with van der Waals surface area (Å²) in [5.74, 6) is -0.223. The number of ether oxygens (including phenoxy) is 3. The highest BCUT2D eigenvalue weighted by Crippen LogP contribution is 2.37. The summed E-state index contributed by atoms with van der Waals surface area (Å²) in [4.78, 5) is 33.9. The zero-order valence-electron chi connectivity index (χ0n) is 24.9. The van der Waals surface area contributed by atoms with E-state index in [-0.39, 0.29) is 36.6 Å². The summed E-state index contributed by atoms with van der Waals surface area (Å²) in [7, 11) is 3.68. The van der Waals surface area contributed by atoms with Crippen molar-refractivity contribution in [3.63, 3.8) is 0 Å². The Hall–Kier alpha value is -4.41. The van der Waals surface area contributed by atoms with Crippen molar-refractivity contribution in [2.75, 3.05) is 53.5 Å². The fourth-order valence-corrected chi connectivity index (χ4v) is 5.10. The highest BCUT2D eigenvalue weighted by molar-refractivity contribution is 6.00. The van der Waals surface area contributed by atoms with Gasteiger partial charge < -0.3 is 19.1 Å². The number of piperazine rings is 1. The molecule has 0 radical (unpaired) electrons.